The van der Waals surface area contributed by atoms with Crippen molar-refractivity contribution >= 4 is 0 Å². The van der Waals surface area contributed by atoms with Crippen LogP contribution < -0.4 is 5.73 Å². The molecule has 0 spiro atoms. The Balaban J connectivity index is 2.38. The molecule has 14 heavy (non-hydrogen) atoms. The number of rotatable bonds is 3. The Bertz CT molecular complexity index is 418. The molecule has 2 aromatic rings. The van der Waals surface area contributed by atoms with Crippen molar-refractivity contribution in [3.05, 3.63) is 24.1 Å². The van der Waals surface area contributed by atoms with Gasteiger partial charge >= 0.3 is 0 Å². The molecule has 5 heteroatoms. The molecule has 0 saturated carbocycles. The zero-order chi connectivity index (χ0) is 9.97. The van der Waals surface area contributed by atoms with Gasteiger partial charge in [0, 0.05) is 6.54 Å². The van der Waals surface area contributed by atoms with E-state index >= 15 is 0 Å². The van der Waals surface area contributed by atoms with E-state index in [9.17, 15) is 0 Å². The number of hydrogen-bond acceptors (Lipinski definition) is 4. The average Bonchev–Trinajstić information content (AvgIpc) is 2.85. The molecular formula is C9H12N4O. The van der Waals surface area contributed by atoms with E-state index in [1.165, 1.54) is 0 Å². The van der Waals surface area contributed by atoms with Crippen LogP contribution in [0, 0.1) is 0 Å². The fourth-order valence-corrected chi connectivity index (χ4v) is 1.31. The first-order valence-corrected chi connectivity index (χ1v) is 4.52. The minimum Gasteiger partial charge on any atom is -0.458 e. The molecule has 74 valence electrons. The predicted octanol–water partition coefficient (Wildman–Crippen LogP) is 1.02. The van der Waals surface area contributed by atoms with Crippen LogP contribution in [0.3, 0.4) is 0 Å². The van der Waals surface area contributed by atoms with Crippen LogP contribution in [0.2, 0.25) is 0 Å². The van der Waals surface area contributed by atoms with Gasteiger partial charge in [0.05, 0.1) is 12.7 Å². The minimum absolute atomic E-state index is 0.410. The quantitative estimate of drug-likeness (QED) is 0.788. The molecule has 2 rings (SSSR count). The molecule has 0 aliphatic carbocycles. The molecule has 0 aliphatic rings. The summed E-state index contributed by atoms with van der Waals surface area (Å²) >= 11 is 0. The van der Waals surface area contributed by atoms with Gasteiger partial charge in [0.2, 0.25) is 0 Å². The van der Waals surface area contributed by atoms with Crippen molar-refractivity contribution in [2.75, 3.05) is 0 Å². The molecule has 0 saturated heterocycles. The normalized spacial score (nSPS) is 10.7. The van der Waals surface area contributed by atoms with E-state index < -0.39 is 0 Å². The number of nitrogens with two attached hydrogens (primary N) is 1. The van der Waals surface area contributed by atoms with Gasteiger partial charge in [-0.15, -0.1) is 5.10 Å². The summed E-state index contributed by atoms with van der Waals surface area (Å²) in [6, 6.07) is 3.75. The molecule has 2 N–H and O–H groups in total. The number of nitrogens with zero attached hydrogens (tertiary/aromatic N) is 3. The summed E-state index contributed by atoms with van der Waals surface area (Å²) < 4.78 is 7.27. The summed E-state index contributed by atoms with van der Waals surface area (Å²) in [7, 11) is 0. The van der Waals surface area contributed by atoms with Crippen LogP contribution in [0.4, 0.5) is 0 Å². The summed E-state index contributed by atoms with van der Waals surface area (Å²) in [4.78, 5) is 0. The minimum atomic E-state index is 0.410. The maximum absolute atomic E-state index is 5.49. The van der Waals surface area contributed by atoms with Gasteiger partial charge in [-0.05, 0) is 19.1 Å². The second-order valence-corrected chi connectivity index (χ2v) is 2.91. The van der Waals surface area contributed by atoms with Crippen molar-refractivity contribution in [2.24, 2.45) is 5.73 Å². The van der Waals surface area contributed by atoms with Gasteiger partial charge in [-0.25, -0.2) is 4.68 Å². The van der Waals surface area contributed by atoms with Crippen molar-refractivity contribution in [2.45, 2.75) is 20.0 Å². The highest BCUT2D eigenvalue weighted by molar-refractivity contribution is 5.50. The molecular weight excluding hydrogens is 180 g/mol. The maximum atomic E-state index is 5.49. The standard InChI is InChI=1S/C9H12N4O/c1-2-13-8(6-11-12-13)9-4-3-7(5-10)14-9/h3-4,6H,2,5,10H2,1H3. The van der Waals surface area contributed by atoms with Crippen LogP contribution in [0.15, 0.2) is 22.7 Å². The Morgan fingerprint density at radius 3 is 3.00 bits per heavy atom. The fraction of sp³-hybridized carbons (Fsp3) is 0.333. The van der Waals surface area contributed by atoms with E-state index in [1.807, 2.05) is 19.1 Å². The lowest BCUT2D eigenvalue weighted by Gasteiger charge is -1.98. The van der Waals surface area contributed by atoms with Crippen LogP contribution in [-0.4, -0.2) is 15.0 Å². The van der Waals surface area contributed by atoms with Crippen molar-refractivity contribution in [3.63, 3.8) is 0 Å². The molecule has 0 fully saturated rings. The molecule has 0 atom stereocenters. The topological polar surface area (TPSA) is 69.9 Å². The van der Waals surface area contributed by atoms with Crippen molar-refractivity contribution in [1.29, 1.82) is 0 Å². The lowest BCUT2D eigenvalue weighted by molar-refractivity contribution is 0.515. The molecule has 0 amide bonds. The van der Waals surface area contributed by atoms with Crippen LogP contribution in [0.5, 0.6) is 0 Å². The highest BCUT2D eigenvalue weighted by Gasteiger charge is 2.09. The summed E-state index contributed by atoms with van der Waals surface area (Å²) in [5, 5.41) is 7.75. The van der Waals surface area contributed by atoms with Crippen molar-refractivity contribution in [3.8, 4) is 11.5 Å². The Morgan fingerprint density at radius 1 is 1.50 bits per heavy atom. The second kappa shape index (κ2) is 3.63. The molecule has 0 aliphatic heterocycles. The molecule has 0 unspecified atom stereocenters. The fourth-order valence-electron chi connectivity index (χ4n) is 1.31. The van der Waals surface area contributed by atoms with Gasteiger partial charge in [-0.1, -0.05) is 5.21 Å². The Kier molecular flexibility index (Phi) is 2.32. The van der Waals surface area contributed by atoms with Crippen molar-refractivity contribution < 1.29 is 4.42 Å². The molecule has 2 heterocycles. The summed E-state index contributed by atoms with van der Waals surface area (Å²) in [5.74, 6) is 1.53. The third-order valence-corrected chi connectivity index (χ3v) is 2.03. The van der Waals surface area contributed by atoms with Gasteiger partial charge < -0.3 is 10.2 Å². The maximum Gasteiger partial charge on any atom is 0.154 e. The third kappa shape index (κ3) is 1.42. The Labute approximate surface area is 81.5 Å². The number of aromatic nitrogens is 3. The highest BCUT2D eigenvalue weighted by Crippen LogP contribution is 2.20. The van der Waals surface area contributed by atoms with E-state index in [4.69, 9.17) is 10.2 Å². The first kappa shape index (κ1) is 8.96. The third-order valence-electron chi connectivity index (χ3n) is 2.03. The lowest BCUT2D eigenvalue weighted by atomic mass is 10.3. The largest absolute Gasteiger partial charge is 0.458 e. The highest BCUT2D eigenvalue weighted by atomic mass is 16.3. The van der Waals surface area contributed by atoms with Crippen LogP contribution in [-0.2, 0) is 13.1 Å². The average molecular weight is 192 g/mol. The second-order valence-electron chi connectivity index (χ2n) is 2.91. The summed E-state index contributed by atoms with van der Waals surface area (Å²) in [6.07, 6.45) is 1.68. The first-order valence-electron chi connectivity index (χ1n) is 4.52. The van der Waals surface area contributed by atoms with Gasteiger partial charge in [-0.3, -0.25) is 0 Å². The van der Waals surface area contributed by atoms with E-state index in [0.29, 0.717) is 6.54 Å². The van der Waals surface area contributed by atoms with Crippen LogP contribution in [0.25, 0.3) is 11.5 Å². The van der Waals surface area contributed by atoms with Gasteiger partial charge in [0.15, 0.2) is 5.76 Å². The molecule has 0 bridgehead atoms. The zero-order valence-electron chi connectivity index (χ0n) is 7.97. The van der Waals surface area contributed by atoms with Crippen molar-refractivity contribution in [1.82, 2.24) is 15.0 Å². The van der Waals surface area contributed by atoms with E-state index in [0.717, 1.165) is 23.8 Å². The monoisotopic (exact) mass is 192 g/mol. The van der Waals surface area contributed by atoms with E-state index in [2.05, 4.69) is 10.3 Å². The van der Waals surface area contributed by atoms with E-state index in [1.54, 1.807) is 10.9 Å². The Hall–Kier alpha value is -1.62. The molecule has 0 aromatic carbocycles. The number of aryl methyl sites for hydroxylation is 1. The SMILES string of the molecule is CCn1nncc1-c1ccc(CN)o1. The first-order chi connectivity index (χ1) is 6.85. The van der Waals surface area contributed by atoms with Crippen LogP contribution >= 0.6 is 0 Å². The van der Waals surface area contributed by atoms with Crippen LogP contribution in [0.1, 0.15) is 12.7 Å². The molecule has 5 nitrogen and oxygen atoms in total. The smallest absolute Gasteiger partial charge is 0.154 e. The summed E-state index contributed by atoms with van der Waals surface area (Å²) in [5.41, 5.74) is 6.34. The van der Waals surface area contributed by atoms with Gasteiger partial charge in [0.1, 0.15) is 11.5 Å². The van der Waals surface area contributed by atoms with E-state index in [-0.39, 0.29) is 0 Å². The predicted molar refractivity (Wildman–Crippen MR) is 51.3 cm³/mol. The number of furan rings is 1. The van der Waals surface area contributed by atoms with Gasteiger partial charge in [0.25, 0.3) is 0 Å². The lowest BCUT2D eigenvalue weighted by Crippen LogP contribution is -1.98. The zero-order valence-corrected chi connectivity index (χ0v) is 7.97. The Morgan fingerprint density at radius 2 is 2.36 bits per heavy atom. The molecule has 0 radical (unpaired) electrons. The summed E-state index contributed by atoms with van der Waals surface area (Å²) in [6.45, 7) is 3.19. The molecule has 2 aromatic heterocycles. The van der Waals surface area contributed by atoms with Gasteiger partial charge in [-0.2, -0.15) is 0 Å². The number of hydrogen-bond donors (Lipinski definition) is 1.